The van der Waals surface area contributed by atoms with E-state index in [0.717, 1.165) is 36.6 Å². The molecule has 0 bridgehead atoms. The van der Waals surface area contributed by atoms with E-state index in [-0.39, 0.29) is 5.69 Å². The molecule has 1 amide bonds. The minimum absolute atomic E-state index is 0.203. The Bertz CT molecular complexity index is 778. The highest BCUT2D eigenvalue weighted by atomic mass is 19.4. The lowest BCUT2D eigenvalue weighted by Crippen LogP contribution is -2.31. The van der Waals surface area contributed by atoms with E-state index in [0.29, 0.717) is 18.2 Å². The number of alkyl halides is 3. The van der Waals surface area contributed by atoms with Crippen molar-refractivity contribution in [2.75, 3.05) is 13.7 Å². The van der Waals surface area contributed by atoms with Crippen molar-refractivity contribution < 1.29 is 22.7 Å². The zero-order chi connectivity index (χ0) is 19.4. The quantitative estimate of drug-likeness (QED) is 0.844. The van der Waals surface area contributed by atoms with Gasteiger partial charge >= 0.3 is 6.18 Å². The highest BCUT2D eigenvalue weighted by Crippen LogP contribution is 2.34. The molecule has 8 heteroatoms. The Morgan fingerprint density at radius 1 is 1.22 bits per heavy atom. The molecule has 1 aliphatic rings. The third kappa shape index (κ3) is 4.43. The van der Waals surface area contributed by atoms with Crippen LogP contribution >= 0.6 is 0 Å². The predicted octanol–water partition coefficient (Wildman–Crippen LogP) is 4.21. The highest BCUT2D eigenvalue weighted by Gasteiger charge is 2.40. The van der Waals surface area contributed by atoms with E-state index < -0.39 is 23.3 Å². The fourth-order valence-electron chi connectivity index (χ4n) is 3.43. The fourth-order valence-corrected chi connectivity index (χ4v) is 3.43. The van der Waals surface area contributed by atoms with Crippen LogP contribution in [0.4, 0.5) is 13.2 Å². The number of rotatable bonds is 5. The number of ether oxygens (including phenoxy) is 1. The van der Waals surface area contributed by atoms with Crippen molar-refractivity contribution in [1.82, 2.24) is 15.1 Å². The van der Waals surface area contributed by atoms with Gasteiger partial charge in [0.2, 0.25) is 0 Å². The normalized spacial score (nSPS) is 15.6. The predicted molar refractivity (Wildman–Crippen MR) is 94.0 cm³/mol. The first-order valence-electron chi connectivity index (χ1n) is 8.98. The molecule has 1 fully saturated rings. The maximum Gasteiger partial charge on any atom is 0.434 e. The summed E-state index contributed by atoms with van der Waals surface area (Å²) < 4.78 is 46.8. The molecule has 1 aromatic carbocycles. The van der Waals surface area contributed by atoms with Crippen molar-refractivity contribution in [1.29, 1.82) is 0 Å². The number of hydrogen-bond donors (Lipinski definition) is 1. The number of carbonyl (C=O) groups is 1. The van der Waals surface area contributed by atoms with E-state index in [1.807, 2.05) is 0 Å². The Balaban J connectivity index is 1.84. The van der Waals surface area contributed by atoms with Gasteiger partial charge in [-0.05, 0) is 43.0 Å². The molecule has 0 aliphatic heterocycles. The van der Waals surface area contributed by atoms with Crippen molar-refractivity contribution in [3.8, 4) is 11.4 Å². The van der Waals surface area contributed by atoms with E-state index in [1.54, 1.807) is 12.1 Å². The smallest absolute Gasteiger partial charge is 0.434 e. The Morgan fingerprint density at radius 2 is 1.89 bits per heavy atom. The second-order valence-corrected chi connectivity index (χ2v) is 6.73. The van der Waals surface area contributed by atoms with Crippen LogP contribution in [0.15, 0.2) is 30.5 Å². The number of benzene rings is 1. The van der Waals surface area contributed by atoms with E-state index in [9.17, 15) is 18.0 Å². The summed E-state index contributed by atoms with van der Waals surface area (Å²) in [4.78, 5) is 12.4. The molecule has 5 nitrogen and oxygen atoms in total. The van der Waals surface area contributed by atoms with Gasteiger partial charge in [0.05, 0.1) is 24.6 Å². The Labute approximate surface area is 155 Å². The van der Waals surface area contributed by atoms with Gasteiger partial charge in [0.25, 0.3) is 5.91 Å². The van der Waals surface area contributed by atoms with Crippen molar-refractivity contribution in [2.45, 2.75) is 38.3 Å². The van der Waals surface area contributed by atoms with Gasteiger partial charge in [-0.2, -0.15) is 18.3 Å². The molecular formula is C19H22F3N3O2. The fraction of sp³-hybridized carbons (Fsp3) is 0.474. The maximum atomic E-state index is 13.7. The number of methoxy groups -OCH3 is 1. The van der Waals surface area contributed by atoms with Crippen LogP contribution in [-0.2, 0) is 6.18 Å². The van der Waals surface area contributed by atoms with Gasteiger partial charge in [-0.15, -0.1) is 0 Å². The molecule has 0 unspecified atom stereocenters. The van der Waals surface area contributed by atoms with E-state index >= 15 is 0 Å². The summed E-state index contributed by atoms with van der Waals surface area (Å²) in [5.41, 5.74) is -1.34. The van der Waals surface area contributed by atoms with Crippen molar-refractivity contribution >= 4 is 5.91 Å². The topological polar surface area (TPSA) is 56.2 Å². The average molecular weight is 381 g/mol. The molecule has 1 aliphatic carbocycles. The molecule has 1 N–H and O–H groups in total. The van der Waals surface area contributed by atoms with E-state index in [4.69, 9.17) is 4.74 Å². The van der Waals surface area contributed by atoms with Crippen LogP contribution in [0.3, 0.4) is 0 Å². The standard InChI is InChI=1S/C19H22F3N3O2/c1-27-15-9-7-14(8-10-15)25-17(19(20,21)22)16(12-24-25)18(26)23-11-13-5-3-2-4-6-13/h7-10,12-13H,2-6,11H2,1H3,(H,23,26). The zero-order valence-electron chi connectivity index (χ0n) is 15.1. The number of nitrogens with one attached hydrogen (secondary N) is 1. The highest BCUT2D eigenvalue weighted by molar-refractivity contribution is 5.95. The molecule has 27 heavy (non-hydrogen) atoms. The summed E-state index contributed by atoms with van der Waals surface area (Å²) in [6.45, 7) is 0.393. The molecule has 3 rings (SSSR count). The lowest BCUT2D eigenvalue weighted by Gasteiger charge is -2.21. The van der Waals surface area contributed by atoms with Crippen LogP contribution in [0.2, 0.25) is 0 Å². The van der Waals surface area contributed by atoms with Gasteiger partial charge < -0.3 is 10.1 Å². The summed E-state index contributed by atoms with van der Waals surface area (Å²) in [6.07, 6.45) is 1.64. The van der Waals surface area contributed by atoms with Crippen LogP contribution in [0.5, 0.6) is 5.75 Å². The van der Waals surface area contributed by atoms with Gasteiger partial charge in [0.1, 0.15) is 5.75 Å². The molecule has 1 aromatic heterocycles. The van der Waals surface area contributed by atoms with Gasteiger partial charge in [-0.1, -0.05) is 19.3 Å². The van der Waals surface area contributed by atoms with Crippen molar-refractivity contribution in [3.63, 3.8) is 0 Å². The second kappa shape index (κ2) is 8.02. The summed E-state index contributed by atoms with van der Waals surface area (Å²) in [5.74, 6) is 0.103. The monoisotopic (exact) mass is 381 g/mol. The number of amides is 1. The molecule has 0 saturated heterocycles. The third-order valence-corrected chi connectivity index (χ3v) is 4.88. The van der Waals surface area contributed by atoms with Crippen LogP contribution in [0.1, 0.15) is 48.2 Å². The van der Waals surface area contributed by atoms with E-state index in [2.05, 4.69) is 10.4 Å². The first-order chi connectivity index (χ1) is 12.9. The van der Waals surface area contributed by atoms with Crippen LogP contribution < -0.4 is 10.1 Å². The molecule has 1 heterocycles. The van der Waals surface area contributed by atoms with E-state index in [1.165, 1.54) is 25.7 Å². The summed E-state index contributed by atoms with van der Waals surface area (Å²) in [6, 6.07) is 6.01. The van der Waals surface area contributed by atoms with Crippen LogP contribution in [-0.4, -0.2) is 29.3 Å². The molecule has 0 atom stereocenters. The average Bonchev–Trinajstić information content (AvgIpc) is 3.13. The molecule has 2 aromatic rings. The summed E-state index contributed by atoms with van der Waals surface area (Å²) >= 11 is 0. The minimum atomic E-state index is -4.71. The lowest BCUT2D eigenvalue weighted by atomic mass is 9.89. The summed E-state index contributed by atoms with van der Waals surface area (Å²) in [5, 5.41) is 6.47. The van der Waals surface area contributed by atoms with Crippen molar-refractivity contribution in [3.05, 3.63) is 41.7 Å². The number of nitrogens with zero attached hydrogens (tertiary/aromatic N) is 2. The first-order valence-corrected chi connectivity index (χ1v) is 8.98. The van der Waals surface area contributed by atoms with Gasteiger partial charge in [-0.3, -0.25) is 4.79 Å². The molecule has 0 radical (unpaired) electrons. The number of aromatic nitrogens is 2. The van der Waals surface area contributed by atoms with Crippen LogP contribution in [0.25, 0.3) is 5.69 Å². The minimum Gasteiger partial charge on any atom is -0.497 e. The molecule has 1 saturated carbocycles. The second-order valence-electron chi connectivity index (χ2n) is 6.73. The Kier molecular flexibility index (Phi) is 5.72. The molecule has 146 valence electrons. The molecule has 0 spiro atoms. The van der Waals surface area contributed by atoms with Gasteiger partial charge in [-0.25, -0.2) is 4.68 Å². The number of carbonyl (C=O) groups excluding carboxylic acids is 1. The number of halogens is 3. The maximum absolute atomic E-state index is 13.7. The summed E-state index contributed by atoms with van der Waals surface area (Å²) in [7, 11) is 1.47. The SMILES string of the molecule is COc1ccc(-n2ncc(C(=O)NCC3CCCCC3)c2C(F)(F)F)cc1. The zero-order valence-corrected chi connectivity index (χ0v) is 15.1. The van der Waals surface area contributed by atoms with Gasteiger partial charge in [0.15, 0.2) is 5.69 Å². The van der Waals surface area contributed by atoms with Crippen LogP contribution in [0, 0.1) is 5.92 Å². The van der Waals surface area contributed by atoms with Crippen molar-refractivity contribution in [2.24, 2.45) is 5.92 Å². The Morgan fingerprint density at radius 3 is 2.48 bits per heavy atom. The third-order valence-electron chi connectivity index (χ3n) is 4.88. The largest absolute Gasteiger partial charge is 0.497 e. The van der Waals surface area contributed by atoms with Gasteiger partial charge in [0, 0.05) is 6.54 Å². The Hall–Kier alpha value is -2.51. The first kappa shape index (κ1) is 19.3. The lowest BCUT2D eigenvalue weighted by molar-refractivity contribution is -0.143. The number of hydrogen-bond acceptors (Lipinski definition) is 3. The molecular weight excluding hydrogens is 359 g/mol.